The van der Waals surface area contributed by atoms with E-state index in [9.17, 15) is 9.59 Å². The molecule has 1 atom stereocenters. The fourth-order valence-electron chi connectivity index (χ4n) is 3.30. The van der Waals surface area contributed by atoms with E-state index in [4.69, 9.17) is 11.6 Å². The van der Waals surface area contributed by atoms with Crippen molar-refractivity contribution in [1.29, 1.82) is 0 Å². The van der Waals surface area contributed by atoms with Gasteiger partial charge in [-0.15, -0.1) is 0 Å². The number of hydrogen-bond acceptors (Lipinski definition) is 2. The maximum atomic E-state index is 12.6. The highest BCUT2D eigenvalue weighted by Crippen LogP contribution is 2.30. The first-order chi connectivity index (χ1) is 12.6. The molecule has 0 radical (unpaired) electrons. The van der Waals surface area contributed by atoms with Crippen molar-refractivity contribution < 1.29 is 9.59 Å². The van der Waals surface area contributed by atoms with Crippen LogP contribution in [0.1, 0.15) is 48.0 Å². The SMILES string of the molecule is CC[C@H](CNC(=O)c1ccc(Cl)c(N2CCCC2=O)c1)c1ccccc1. The maximum Gasteiger partial charge on any atom is 0.251 e. The van der Waals surface area contributed by atoms with E-state index in [-0.39, 0.29) is 17.7 Å². The van der Waals surface area contributed by atoms with Gasteiger partial charge in [-0.2, -0.15) is 0 Å². The molecule has 2 amide bonds. The van der Waals surface area contributed by atoms with E-state index in [0.717, 1.165) is 12.8 Å². The third-order valence-electron chi connectivity index (χ3n) is 4.85. The van der Waals surface area contributed by atoms with Crippen LogP contribution in [0.15, 0.2) is 48.5 Å². The van der Waals surface area contributed by atoms with Gasteiger partial charge in [-0.3, -0.25) is 9.59 Å². The zero-order valence-electron chi connectivity index (χ0n) is 14.9. The van der Waals surface area contributed by atoms with Gasteiger partial charge >= 0.3 is 0 Å². The molecule has 5 heteroatoms. The summed E-state index contributed by atoms with van der Waals surface area (Å²) in [6.07, 6.45) is 2.29. The number of anilines is 1. The van der Waals surface area contributed by atoms with Crippen LogP contribution < -0.4 is 10.2 Å². The molecule has 1 fully saturated rings. The molecule has 0 saturated carbocycles. The number of carbonyl (C=O) groups is 2. The standard InChI is InChI=1S/C21H23ClN2O2/c1-2-15(16-7-4-3-5-8-16)14-23-21(26)17-10-11-18(22)19(13-17)24-12-6-9-20(24)25/h3-5,7-8,10-11,13,15H,2,6,9,12,14H2,1H3,(H,23,26)/t15-/m1/s1. The lowest BCUT2D eigenvalue weighted by molar-refractivity contribution is -0.117. The summed E-state index contributed by atoms with van der Waals surface area (Å²) >= 11 is 6.25. The Kier molecular flexibility index (Phi) is 5.94. The summed E-state index contributed by atoms with van der Waals surface area (Å²) in [6, 6.07) is 15.3. The molecule has 2 aromatic carbocycles. The minimum atomic E-state index is -0.149. The van der Waals surface area contributed by atoms with Crippen molar-refractivity contribution in [2.75, 3.05) is 18.0 Å². The van der Waals surface area contributed by atoms with Crippen molar-refractivity contribution in [2.24, 2.45) is 0 Å². The predicted molar refractivity (Wildman–Crippen MR) is 105 cm³/mol. The van der Waals surface area contributed by atoms with Crippen molar-refractivity contribution in [3.63, 3.8) is 0 Å². The van der Waals surface area contributed by atoms with Gasteiger partial charge in [-0.25, -0.2) is 0 Å². The molecule has 2 aromatic rings. The van der Waals surface area contributed by atoms with Crippen LogP contribution in [-0.2, 0) is 4.79 Å². The van der Waals surface area contributed by atoms with Gasteiger partial charge in [0.25, 0.3) is 5.91 Å². The minimum Gasteiger partial charge on any atom is -0.351 e. The Balaban J connectivity index is 1.71. The fourth-order valence-corrected chi connectivity index (χ4v) is 3.52. The second-order valence-corrected chi connectivity index (χ2v) is 6.95. The fraction of sp³-hybridized carbons (Fsp3) is 0.333. The van der Waals surface area contributed by atoms with Gasteiger partial charge in [0.05, 0.1) is 10.7 Å². The van der Waals surface area contributed by atoms with Crippen molar-refractivity contribution in [3.8, 4) is 0 Å². The molecule has 0 aliphatic carbocycles. The van der Waals surface area contributed by atoms with Gasteiger partial charge in [-0.1, -0.05) is 48.9 Å². The van der Waals surface area contributed by atoms with Crippen molar-refractivity contribution in [3.05, 3.63) is 64.7 Å². The molecule has 0 bridgehead atoms. The van der Waals surface area contributed by atoms with Gasteiger partial charge in [0.1, 0.15) is 0 Å². The number of benzene rings is 2. The lowest BCUT2D eigenvalue weighted by atomic mass is 9.96. The summed E-state index contributed by atoms with van der Waals surface area (Å²) in [5.74, 6) is 0.176. The smallest absolute Gasteiger partial charge is 0.251 e. The summed E-state index contributed by atoms with van der Waals surface area (Å²) in [5.41, 5.74) is 2.36. The molecule has 1 aliphatic rings. The highest BCUT2D eigenvalue weighted by atomic mass is 35.5. The van der Waals surface area contributed by atoms with E-state index in [0.29, 0.717) is 35.8 Å². The number of nitrogens with zero attached hydrogens (tertiary/aromatic N) is 1. The second kappa shape index (κ2) is 8.37. The van der Waals surface area contributed by atoms with Crippen LogP contribution in [0.3, 0.4) is 0 Å². The van der Waals surface area contributed by atoms with Gasteiger partial charge < -0.3 is 10.2 Å². The summed E-state index contributed by atoms with van der Waals surface area (Å²) in [7, 11) is 0. The van der Waals surface area contributed by atoms with Gasteiger partial charge in [0.15, 0.2) is 0 Å². The first-order valence-corrected chi connectivity index (χ1v) is 9.41. The number of nitrogens with one attached hydrogen (secondary N) is 1. The Hall–Kier alpha value is -2.33. The number of halogens is 1. The molecule has 1 N–H and O–H groups in total. The summed E-state index contributed by atoms with van der Waals surface area (Å²) < 4.78 is 0. The van der Waals surface area contributed by atoms with E-state index >= 15 is 0 Å². The Labute approximate surface area is 159 Å². The quantitative estimate of drug-likeness (QED) is 0.819. The monoisotopic (exact) mass is 370 g/mol. The number of amides is 2. The van der Waals surface area contributed by atoms with Gasteiger partial charge in [-0.05, 0) is 36.6 Å². The van der Waals surface area contributed by atoms with E-state index in [1.165, 1.54) is 5.56 Å². The van der Waals surface area contributed by atoms with E-state index < -0.39 is 0 Å². The third kappa shape index (κ3) is 4.07. The molecular weight excluding hydrogens is 348 g/mol. The van der Waals surface area contributed by atoms with Crippen LogP contribution in [0.25, 0.3) is 0 Å². The first-order valence-electron chi connectivity index (χ1n) is 9.03. The van der Waals surface area contributed by atoms with Crippen molar-refractivity contribution >= 4 is 29.1 Å². The van der Waals surface area contributed by atoms with Crippen molar-refractivity contribution in [2.45, 2.75) is 32.1 Å². The van der Waals surface area contributed by atoms with Crippen LogP contribution in [0.5, 0.6) is 0 Å². The maximum absolute atomic E-state index is 12.6. The Morgan fingerprint density at radius 1 is 1.23 bits per heavy atom. The molecule has 4 nitrogen and oxygen atoms in total. The molecule has 1 heterocycles. The topological polar surface area (TPSA) is 49.4 Å². The number of carbonyl (C=O) groups excluding carboxylic acids is 2. The van der Waals surface area contributed by atoms with Crippen LogP contribution in [-0.4, -0.2) is 24.9 Å². The Morgan fingerprint density at radius 3 is 2.65 bits per heavy atom. The molecule has 0 unspecified atom stereocenters. The van der Waals surface area contributed by atoms with Gasteiger partial charge in [0.2, 0.25) is 5.91 Å². The summed E-state index contributed by atoms with van der Waals surface area (Å²) in [4.78, 5) is 26.2. The van der Waals surface area contributed by atoms with E-state index in [1.807, 2.05) is 18.2 Å². The van der Waals surface area contributed by atoms with E-state index in [1.54, 1.807) is 23.1 Å². The highest BCUT2D eigenvalue weighted by Gasteiger charge is 2.24. The Bertz CT molecular complexity index is 792. The average Bonchev–Trinajstić information content (AvgIpc) is 3.09. The zero-order valence-corrected chi connectivity index (χ0v) is 15.6. The number of hydrogen-bond donors (Lipinski definition) is 1. The van der Waals surface area contributed by atoms with E-state index in [2.05, 4.69) is 24.4 Å². The lowest BCUT2D eigenvalue weighted by Gasteiger charge is -2.19. The Morgan fingerprint density at radius 2 is 2.00 bits per heavy atom. The molecule has 0 aromatic heterocycles. The summed E-state index contributed by atoms with van der Waals surface area (Å²) in [5, 5.41) is 3.50. The highest BCUT2D eigenvalue weighted by molar-refractivity contribution is 6.34. The largest absolute Gasteiger partial charge is 0.351 e. The van der Waals surface area contributed by atoms with Gasteiger partial charge in [0, 0.05) is 31.0 Å². The first kappa shape index (κ1) is 18.5. The second-order valence-electron chi connectivity index (χ2n) is 6.54. The van der Waals surface area contributed by atoms with Crippen LogP contribution in [0.4, 0.5) is 5.69 Å². The lowest BCUT2D eigenvalue weighted by Crippen LogP contribution is -2.29. The molecule has 3 rings (SSSR count). The van der Waals surface area contributed by atoms with Crippen LogP contribution in [0.2, 0.25) is 5.02 Å². The number of rotatable bonds is 6. The van der Waals surface area contributed by atoms with Crippen LogP contribution in [0, 0.1) is 0 Å². The molecule has 1 saturated heterocycles. The average molecular weight is 371 g/mol. The third-order valence-corrected chi connectivity index (χ3v) is 5.16. The molecule has 136 valence electrons. The summed E-state index contributed by atoms with van der Waals surface area (Å²) in [6.45, 7) is 3.33. The predicted octanol–water partition coefficient (Wildman–Crippen LogP) is 4.39. The molecule has 0 spiro atoms. The molecule has 1 aliphatic heterocycles. The molecule has 26 heavy (non-hydrogen) atoms. The van der Waals surface area contributed by atoms with Crippen molar-refractivity contribution in [1.82, 2.24) is 5.32 Å². The molecular formula is C21H23ClN2O2. The zero-order chi connectivity index (χ0) is 18.5. The minimum absolute atomic E-state index is 0.0552. The van der Waals surface area contributed by atoms with Crippen LogP contribution >= 0.6 is 11.6 Å². The normalized spacial score (nSPS) is 15.2.